The van der Waals surface area contributed by atoms with Crippen molar-refractivity contribution in [2.24, 2.45) is 0 Å². The van der Waals surface area contributed by atoms with Gasteiger partial charge >= 0.3 is 5.97 Å². The Bertz CT molecular complexity index is 624. The molecule has 1 aromatic rings. The van der Waals surface area contributed by atoms with Crippen molar-refractivity contribution in [1.29, 1.82) is 5.26 Å². The number of esters is 1. The molecule has 1 amide bonds. The number of non-ortho nitro benzene ring substituents is 1. The fraction of sp³-hybridized carbons (Fsp3) is 0.400. The highest BCUT2D eigenvalue weighted by molar-refractivity contribution is 5.97. The summed E-state index contributed by atoms with van der Waals surface area (Å²) in [4.78, 5) is 34.0. The third kappa shape index (κ3) is 5.74. The molecule has 0 saturated heterocycles. The van der Waals surface area contributed by atoms with Crippen LogP contribution >= 0.6 is 0 Å². The van der Waals surface area contributed by atoms with E-state index in [-0.39, 0.29) is 11.3 Å². The number of rotatable bonds is 8. The van der Waals surface area contributed by atoms with Gasteiger partial charge in [-0.3, -0.25) is 14.9 Å². The second-order valence-corrected chi connectivity index (χ2v) is 4.76. The Labute approximate surface area is 133 Å². The summed E-state index contributed by atoms with van der Waals surface area (Å²) in [5.74, 6) is -1.19. The highest BCUT2D eigenvalue weighted by atomic mass is 16.6. The molecule has 0 bridgehead atoms. The van der Waals surface area contributed by atoms with E-state index in [4.69, 9.17) is 5.26 Å². The Morgan fingerprint density at radius 2 is 2.17 bits per heavy atom. The summed E-state index contributed by atoms with van der Waals surface area (Å²) in [5, 5.41) is 21.7. The van der Waals surface area contributed by atoms with Gasteiger partial charge in [-0.1, -0.05) is 6.07 Å². The van der Waals surface area contributed by atoms with Gasteiger partial charge in [0.15, 0.2) is 0 Å². The normalized spacial score (nSPS) is 11.1. The minimum absolute atomic E-state index is 0.0881. The van der Waals surface area contributed by atoms with E-state index in [1.807, 2.05) is 6.07 Å². The molecule has 8 heteroatoms. The van der Waals surface area contributed by atoms with Crippen LogP contribution in [0.25, 0.3) is 0 Å². The van der Waals surface area contributed by atoms with Gasteiger partial charge < -0.3 is 10.1 Å². The zero-order valence-electron chi connectivity index (χ0n) is 12.7. The first kappa shape index (κ1) is 18.1. The standard InChI is InChI=1S/C15H17N3O5/c1-23-15(20)13(8-3-2-4-9-16)17-14(19)11-6-5-7-12(10-11)18(21)22/h5-7,10,13H,2-4,8H2,1H3,(H,17,19)/t13-/m0/s1. The van der Waals surface area contributed by atoms with Crippen LogP contribution in [0.4, 0.5) is 5.69 Å². The Morgan fingerprint density at radius 3 is 2.78 bits per heavy atom. The van der Waals surface area contributed by atoms with Crippen LogP contribution in [0, 0.1) is 21.4 Å². The molecule has 1 N–H and O–H groups in total. The van der Waals surface area contributed by atoms with E-state index in [0.29, 0.717) is 25.7 Å². The molecule has 0 aliphatic carbocycles. The van der Waals surface area contributed by atoms with Crippen molar-refractivity contribution in [2.45, 2.75) is 31.7 Å². The number of unbranched alkanes of at least 4 members (excludes halogenated alkanes) is 2. The van der Waals surface area contributed by atoms with Crippen molar-refractivity contribution in [3.63, 3.8) is 0 Å². The summed E-state index contributed by atoms with van der Waals surface area (Å²) in [7, 11) is 1.21. The van der Waals surface area contributed by atoms with Crippen molar-refractivity contribution < 1.29 is 19.2 Å². The van der Waals surface area contributed by atoms with Gasteiger partial charge in [0.25, 0.3) is 11.6 Å². The topological polar surface area (TPSA) is 122 Å². The summed E-state index contributed by atoms with van der Waals surface area (Å²) < 4.78 is 4.64. The zero-order chi connectivity index (χ0) is 17.2. The lowest BCUT2D eigenvalue weighted by Gasteiger charge is -2.16. The number of nitrogens with zero attached hydrogens (tertiary/aromatic N) is 2. The summed E-state index contributed by atoms with van der Waals surface area (Å²) >= 11 is 0. The average molecular weight is 319 g/mol. The first-order chi connectivity index (χ1) is 11.0. The molecule has 122 valence electrons. The van der Waals surface area contributed by atoms with Crippen molar-refractivity contribution in [1.82, 2.24) is 5.32 Å². The van der Waals surface area contributed by atoms with Crippen LogP contribution in [0.1, 0.15) is 36.0 Å². The van der Waals surface area contributed by atoms with E-state index >= 15 is 0 Å². The van der Waals surface area contributed by atoms with Gasteiger partial charge in [-0.2, -0.15) is 5.26 Å². The SMILES string of the molecule is COC(=O)[C@H](CCCCC#N)NC(=O)c1cccc([N+](=O)[O-])c1. The number of hydrogen-bond donors (Lipinski definition) is 1. The van der Waals surface area contributed by atoms with Crippen LogP contribution in [-0.2, 0) is 9.53 Å². The molecule has 0 aromatic heterocycles. The number of carbonyl (C=O) groups is 2. The molecule has 8 nitrogen and oxygen atoms in total. The van der Waals surface area contributed by atoms with Crippen molar-refractivity contribution in [2.75, 3.05) is 7.11 Å². The predicted molar refractivity (Wildman–Crippen MR) is 80.4 cm³/mol. The van der Waals surface area contributed by atoms with Crippen LogP contribution in [0.5, 0.6) is 0 Å². The molecule has 1 atom stereocenters. The van der Waals surface area contributed by atoms with Gasteiger partial charge in [0.05, 0.1) is 18.1 Å². The van der Waals surface area contributed by atoms with Gasteiger partial charge in [-0.15, -0.1) is 0 Å². The lowest BCUT2D eigenvalue weighted by atomic mass is 10.1. The number of benzene rings is 1. The molecule has 1 aromatic carbocycles. The molecule has 0 radical (unpaired) electrons. The molecule has 0 heterocycles. The molecule has 0 aliphatic rings. The van der Waals surface area contributed by atoms with Gasteiger partial charge in [0.2, 0.25) is 0 Å². The molecule has 0 aliphatic heterocycles. The first-order valence-electron chi connectivity index (χ1n) is 6.99. The van der Waals surface area contributed by atoms with Crippen LogP contribution in [0.15, 0.2) is 24.3 Å². The van der Waals surface area contributed by atoms with Crippen LogP contribution in [0.2, 0.25) is 0 Å². The number of ether oxygens (including phenoxy) is 1. The number of methoxy groups -OCH3 is 1. The minimum atomic E-state index is -0.856. The Morgan fingerprint density at radius 1 is 1.43 bits per heavy atom. The third-order valence-electron chi connectivity index (χ3n) is 3.14. The number of nitro benzene ring substituents is 1. The van der Waals surface area contributed by atoms with Crippen molar-refractivity contribution in [3.8, 4) is 6.07 Å². The Balaban J connectivity index is 2.76. The molecular formula is C15H17N3O5. The lowest BCUT2D eigenvalue weighted by molar-refractivity contribution is -0.384. The predicted octanol–water partition coefficient (Wildman–Crippen LogP) is 1.95. The monoisotopic (exact) mass is 319 g/mol. The number of hydrogen-bond acceptors (Lipinski definition) is 6. The van der Waals surface area contributed by atoms with Gasteiger partial charge in [0, 0.05) is 24.1 Å². The molecular weight excluding hydrogens is 302 g/mol. The highest BCUT2D eigenvalue weighted by Crippen LogP contribution is 2.14. The maximum absolute atomic E-state index is 12.1. The smallest absolute Gasteiger partial charge is 0.328 e. The summed E-state index contributed by atoms with van der Waals surface area (Å²) in [6, 6.07) is 6.38. The maximum atomic E-state index is 12.1. The van der Waals surface area contributed by atoms with E-state index in [2.05, 4.69) is 10.1 Å². The summed E-state index contributed by atoms with van der Waals surface area (Å²) in [5.41, 5.74) is -0.119. The van der Waals surface area contributed by atoms with Crippen molar-refractivity contribution in [3.05, 3.63) is 39.9 Å². The quantitative estimate of drug-likeness (QED) is 0.338. The highest BCUT2D eigenvalue weighted by Gasteiger charge is 2.22. The maximum Gasteiger partial charge on any atom is 0.328 e. The largest absolute Gasteiger partial charge is 0.467 e. The van der Waals surface area contributed by atoms with E-state index in [9.17, 15) is 19.7 Å². The molecule has 23 heavy (non-hydrogen) atoms. The van der Waals surface area contributed by atoms with E-state index < -0.39 is 22.8 Å². The fourth-order valence-corrected chi connectivity index (χ4v) is 1.95. The number of nitro groups is 1. The van der Waals surface area contributed by atoms with E-state index in [1.54, 1.807) is 0 Å². The van der Waals surface area contributed by atoms with Crippen LogP contribution < -0.4 is 5.32 Å². The minimum Gasteiger partial charge on any atom is -0.467 e. The van der Waals surface area contributed by atoms with Crippen molar-refractivity contribution >= 4 is 17.6 Å². The van der Waals surface area contributed by atoms with E-state index in [1.165, 1.54) is 25.3 Å². The van der Waals surface area contributed by atoms with Crippen LogP contribution in [0.3, 0.4) is 0 Å². The molecule has 0 unspecified atom stereocenters. The van der Waals surface area contributed by atoms with E-state index in [0.717, 1.165) is 6.07 Å². The van der Waals surface area contributed by atoms with Gasteiger partial charge in [-0.25, -0.2) is 4.79 Å². The average Bonchev–Trinajstić information content (AvgIpc) is 2.56. The Hall–Kier alpha value is -2.95. The molecule has 0 saturated carbocycles. The summed E-state index contributed by atoms with van der Waals surface area (Å²) in [6.45, 7) is 0. The molecule has 0 spiro atoms. The number of carbonyl (C=O) groups excluding carboxylic acids is 2. The number of nitriles is 1. The van der Waals surface area contributed by atoms with Gasteiger partial charge in [-0.05, 0) is 25.3 Å². The zero-order valence-corrected chi connectivity index (χ0v) is 12.7. The second kappa shape index (κ2) is 9.15. The van der Waals surface area contributed by atoms with Crippen LogP contribution in [-0.4, -0.2) is 30.0 Å². The molecule has 0 fully saturated rings. The third-order valence-corrected chi connectivity index (χ3v) is 3.14. The Kier molecular flexibility index (Phi) is 7.20. The number of amides is 1. The fourth-order valence-electron chi connectivity index (χ4n) is 1.95. The first-order valence-corrected chi connectivity index (χ1v) is 6.99. The lowest BCUT2D eigenvalue weighted by Crippen LogP contribution is -2.41. The number of nitrogens with one attached hydrogen (secondary N) is 1. The van der Waals surface area contributed by atoms with Gasteiger partial charge in [0.1, 0.15) is 6.04 Å². The summed E-state index contributed by atoms with van der Waals surface area (Å²) in [6.07, 6.45) is 1.88. The molecule has 1 rings (SSSR count). The second-order valence-electron chi connectivity index (χ2n) is 4.76.